The number of aromatic nitrogens is 3. The molecule has 1 aliphatic carbocycles. The van der Waals surface area contributed by atoms with Crippen LogP contribution in [0.1, 0.15) is 37.1 Å². The Bertz CT molecular complexity index is 1500. The fourth-order valence-corrected chi connectivity index (χ4v) is 5.58. The fourth-order valence-electron chi connectivity index (χ4n) is 5.58. The molecule has 2 saturated heterocycles. The van der Waals surface area contributed by atoms with Crippen molar-refractivity contribution in [1.29, 1.82) is 5.26 Å². The quantitative estimate of drug-likeness (QED) is 0.405. The third-order valence-electron chi connectivity index (χ3n) is 7.79. The van der Waals surface area contributed by atoms with Gasteiger partial charge >= 0.3 is 0 Å². The number of nitrogens with zero attached hydrogens (tertiary/aromatic N) is 4. The van der Waals surface area contributed by atoms with Crippen LogP contribution in [-0.4, -0.2) is 45.4 Å². The van der Waals surface area contributed by atoms with E-state index in [1.165, 1.54) is 7.11 Å². The first-order valence-electron chi connectivity index (χ1n) is 12.2. The predicted octanol–water partition coefficient (Wildman–Crippen LogP) is 4.22. The maximum Gasteiger partial charge on any atom is 0.150 e. The van der Waals surface area contributed by atoms with E-state index in [0.29, 0.717) is 35.2 Å². The third kappa shape index (κ3) is 3.68. The lowest BCUT2D eigenvalue weighted by Crippen LogP contribution is -2.55. The number of hydrogen-bond acceptors (Lipinski definition) is 8. The lowest BCUT2D eigenvalue weighted by Gasteiger charge is -2.51. The Hall–Kier alpha value is -4.13. The van der Waals surface area contributed by atoms with E-state index in [2.05, 4.69) is 11.1 Å². The Balaban J connectivity index is 1.37. The molecule has 2 aliphatic heterocycles. The smallest absolute Gasteiger partial charge is 0.150 e. The molecule has 9 heteroatoms. The number of ether oxygens (including phenoxy) is 3. The molecule has 0 unspecified atom stereocenters. The zero-order chi connectivity index (χ0) is 25.6. The van der Waals surface area contributed by atoms with Gasteiger partial charge in [0.1, 0.15) is 51.7 Å². The minimum atomic E-state index is -0.414. The number of rotatable bonds is 6. The SMILES string of the molecule is COc1cccc(Oc2ccc(-c3nc(C45CCC(CO)(CC4)OC5)n4ccnc(N)c34)cc2)c1C#N. The summed E-state index contributed by atoms with van der Waals surface area (Å²) in [6.07, 6.45) is 6.98. The lowest BCUT2D eigenvalue weighted by atomic mass is 9.66. The molecule has 0 amide bonds. The molecule has 2 bridgehead atoms. The molecule has 9 nitrogen and oxygen atoms in total. The molecule has 4 aromatic rings. The highest BCUT2D eigenvalue weighted by molar-refractivity contribution is 5.85. The molecule has 3 N–H and O–H groups in total. The number of aliphatic hydroxyl groups is 1. The molecular formula is C28H27N5O4. The number of methoxy groups -OCH3 is 1. The number of nitrogen functional groups attached to an aromatic ring is 1. The number of fused-ring (bicyclic) bond motifs is 4. The average Bonchev–Trinajstić information content (AvgIpc) is 3.36. The van der Waals surface area contributed by atoms with Crippen molar-refractivity contribution in [2.45, 2.75) is 36.7 Å². The molecule has 1 saturated carbocycles. The molecule has 4 heterocycles. The van der Waals surface area contributed by atoms with E-state index in [1.54, 1.807) is 24.4 Å². The highest BCUT2D eigenvalue weighted by Gasteiger charge is 2.52. The topological polar surface area (TPSA) is 128 Å². The first-order valence-corrected chi connectivity index (χ1v) is 12.2. The van der Waals surface area contributed by atoms with Crippen molar-refractivity contribution in [3.8, 4) is 34.6 Å². The van der Waals surface area contributed by atoms with Gasteiger partial charge in [0, 0.05) is 18.0 Å². The van der Waals surface area contributed by atoms with Crippen LogP contribution in [0.15, 0.2) is 54.9 Å². The third-order valence-corrected chi connectivity index (χ3v) is 7.79. The van der Waals surface area contributed by atoms with Crippen molar-refractivity contribution >= 4 is 11.3 Å². The zero-order valence-electron chi connectivity index (χ0n) is 20.5. The van der Waals surface area contributed by atoms with E-state index in [-0.39, 0.29) is 12.0 Å². The molecule has 7 rings (SSSR count). The van der Waals surface area contributed by atoms with Crippen LogP contribution in [0.3, 0.4) is 0 Å². The van der Waals surface area contributed by atoms with Gasteiger partial charge in [-0.1, -0.05) is 6.07 Å². The number of imidazole rings is 1. The van der Waals surface area contributed by atoms with Gasteiger partial charge in [0.25, 0.3) is 0 Å². The Morgan fingerprint density at radius 2 is 1.89 bits per heavy atom. The van der Waals surface area contributed by atoms with Crippen molar-refractivity contribution < 1.29 is 19.3 Å². The second kappa shape index (κ2) is 8.76. The van der Waals surface area contributed by atoms with Crippen LogP contribution < -0.4 is 15.2 Å². The maximum absolute atomic E-state index is 9.85. The van der Waals surface area contributed by atoms with E-state index >= 15 is 0 Å². The van der Waals surface area contributed by atoms with Crippen molar-refractivity contribution in [2.75, 3.05) is 26.1 Å². The Labute approximate surface area is 214 Å². The molecule has 188 valence electrons. The lowest BCUT2D eigenvalue weighted by molar-refractivity contribution is -0.177. The summed E-state index contributed by atoms with van der Waals surface area (Å²) >= 11 is 0. The minimum Gasteiger partial charge on any atom is -0.495 e. The predicted molar refractivity (Wildman–Crippen MR) is 137 cm³/mol. The van der Waals surface area contributed by atoms with Crippen molar-refractivity contribution in [2.24, 2.45) is 0 Å². The monoisotopic (exact) mass is 497 g/mol. The van der Waals surface area contributed by atoms with E-state index in [1.807, 2.05) is 34.9 Å². The van der Waals surface area contributed by atoms with Gasteiger partial charge in [-0.25, -0.2) is 9.97 Å². The molecule has 0 radical (unpaired) electrons. The normalized spacial score (nSPS) is 22.6. The summed E-state index contributed by atoms with van der Waals surface area (Å²) in [6.45, 7) is 0.566. The minimum absolute atomic E-state index is 0.0492. The number of hydrogen-bond donors (Lipinski definition) is 2. The van der Waals surface area contributed by atoms with Crippen LogP contribution in [0.2, 0.25) is 0 Å². The Kier molecular flexibility index (Phi) is 5.51. The number of anilines is 1. The zero-order valence-corrected chi connectivity index (χ0v) is 20.5. The van der Waals surface area contributed by atoms with Crippen LogP contribution in [-0.2, 0) is 10.2 Å². The van der Waals surface area contributed by atoms with Gasteiger partial charge in [-0.05, 0) is 62.1 Å². The summed E-state index contributed by atoms with van der Waals surface area (Å²) in [5, 5.41) is 19.4. The second-order valence-corrected chi connectivity index (χ2v) is 9.80. The van der Waals surface area contributed by atoms with Gasteiger partial charge in [0.05, 0.1) is 31.3 Å². The van der Waals surface area contributed by atoms with Gasteiger partial charge in [-0.15, -0.1) is 0 Å². The standard InChI is InChI=1S/C28H27N5O4/c1-35-21-3-2-4-22(20(21)15-29)37-19-7-5-18(6-8-19)23-24-25(30)31-13-14-33(24)26(32-23)27-9-11-28(16-34,12-10-27)36-17-27/h2-8,13-14,34H,9-12,16-17H2,1H3,(H2,30,31). The highest BCUT2D eigenvalue weighted by Crippen LogP contribution is 2.50. The van der Waals surface area contributed by atoms with Crippen molar-refractivity contribution in [3.63, 3.8) is 0 Å². The summed E-state index contributed by atoms with van der Waals surface area (Å²) < 4.78 is 19.5. The summed E-state index contributed by atoms with van der Waals surface area (Å²) in [6, 6.07) is 14.9. The van der Waals surface area contributed by atoms with E-state index in [0.717, 1.165) is 48.3 Å². The molecule has 3 aliphatic rings. The second-order valence-electron chi connectivity index (χ2n) is 9.80. The Morgan fingerprint density at radius 1 is 1.14 bits per heavy atom. The first-order chi connectivity index (χ1) is 18.0. The van der Waals surface area contributed by atoms with Crippen LogP contribution >= 0.6 is 0 Å². The van der Waals surface area contributed by atoms with Gasteiger partial charge in [-0.3, -0.25) is 4.40 Å². The highest BCUT2D eigenvalue weighted by atomic mass is 16.5. The average molecular weight is 498 g/mol. The van der Waals surface area contributed by atoms with Crippen LogP contribution in [0.4, 0.5) is 5.82 Å². The molecule has 2 aromatic heterocycles. The van der Waals surface area contributed by atoms with Gasteiger partial charge in [0.2, 0.25) is 0 Å². The van der Waals surface area contributed by atoms with Gasteiger partial charge in [0.15, 0.2) is 0 Å². The van der Waals surface area contributed by atoms with Crippen LogP contribution in [0, 0.1) is 11.3 Å². The van der Waals surface area contributed by atoms with E-state index in [9.17, 15) is 10.4 Å². The molecule has 37 heavy (non-hydrogen) atoms. The summed E-state index contributed by atoms with van der Waals surface area (Å²) in [7, 11) is 1.52. The summed E-state index contributed by atoms with van der Waals surface area (Å²) in [5.41, 5.74) is 8.41. The molecule has 2 aromatic carbocycles. The largest absolute Gasteiger partial charge is 0.495 e. The maximum atomic E-state index is 9.85. The van der Waals surface area contributed by atoms with Crippen molar-refractivity contribution in [1.82, 2.24) is 14.4 Å². The van der Waals surface area contributed by atoms with Crippen molar-refractivity contribution in [3.05, 3.63) is 66.2 Å². The van der Waals surface area contributed by atoms with Gasteiger partial charge < -0.3 is 25.1 Å². The van der Waals surface area contributed by atoms with Gasteiger partial charge in [-0.2, -0.15) is 5.26 Å². The van der Waals surface area contributed by atoms with E-state index in [4.69, 9.17) is 24.9 Å². The first kappa shape index (κ1) is 23.3. The molecular weight excluding hydrogens is 470 g/mol. The fraction of sp³-hybridized carbons (Fsp3) is 0.321. The number of nitrogens with two attached hydrogens (primary N) is 1. The Morgan fingerprint density at radius 3 is 2.54 bits per heavy atom. The molecule has 0 spiro atoms. The number of aliphatic hydroxyl groups excluding tert-OH is 1. The van der Waals surface area contributed by atoms with Crippen LogP contribution in [0.25, 0.3) is 16.8 Å². The molecule has 0 atom stereocenters. The molecule has 3 fully saturated rings. The van der Waals surface area contributed by atoms with Crippen LogP contribution in [0.5, 0.6) is 17.2 Å². The number of nitriles is 1. The number of benzene rings is 2. The summed E-state index contributed by atoms with van der Waals surface area (Å²) in [4.78, 5) is 9.45. The van der Waals surface area contributed by atoms with E-state index < -0.39 is 5.60 Å². The summed E-state index contributed by atoms with van der Waals surface area (Å²) in [5.74, 6) is 2.77.